The molecule has 7 nitrogen and oxygen atoms in total. The van der Waals surface area contributed by atoms with Crippen molar-refractivity contribution in [2.45, 2.75) is 13.8 Å². The van der Waals surface area contributed by atoms with E-state index < -0.39 is 0 Å². The van der Waals surface area contributed by atoms with Crippen molar-refractivity contribution >= 4 is 5.65 Å². The van der Waals surface area contributed by atoms with Gasteiger partial charge in [0, 0.05) is 17.5 Å². The molecule has 7 heteroatoms. The third-order valence-corrected chi connectivity index (χ3v) is 3.53. The van der Waals surface area contributed by atoms with Crippen molar-refractivity contribution in [1.29, 1.82) is 0 Å². The van der Waals surface area contributed by atoms with E-state index in [9.17, 15) is 0 Å². The molecule has 0 spiro atoms. The van der Waals surface area contributed by atoms with Crippen molar-refractivity contribution in [1.82, 2.24) is 35.0 Å². The topological polar surface area (TPSA) is 84.6 Å². The molecule has 0 fully saturated rings. The Kier molecular flexibility index (Phi) is 2.72. The van der Waals surface area contributed by atoms with Crippen LogP contribution in [0, 0.1) is 13.8 Å². The third kappa shape index (κ3) is 1.95. The van der Waals surface area contributed by atoms with Crippen LogP contribution in [0.2, 0.25) is 0 Å². The maximum absolute atomic E-state index is 4.52. The lowest BCUT2D eigenvalue weighted by molar-refractivity contribution is 0.941. The fourth-order valence-electron chi connectivity index (χ4n) is 2.43. The predicted molar refractivity (Wildman–Crippen MR) is 81.1 cm³/mol. The standard InChI is InChI=1S/C15H13N7/c1-9-4-3-5-12(16-9)15-14(19-21-20-15)11-6-7-13-18-17-10(2)22(13)8-11/h3-8H,1-2H3,(H,19,20,21). The molecular formula is C15H13N7. The number of aryl methyl sites for hydroxylation is 2. The van der Waals surface area contributed by atoms with Crippen molar-refractivity contribution < 1.29 is 0 Å². The van der Waals surface area contributed by atoms with Gasteiger partial charge in [0.05, 0.1) is 5.69 Å². The molecular weight excluding hydrogens is 278 g/mol. The number of H-pyrrole nitrogens is 1. The van der Waals surface area contributed by atoms with Gasteiger partial charge >= 0.3 is 0 Å². The molecule has 0 bridgehead atoms. The summed E-state index contributed by atoms with van der Waals surface area (Å²) in [5.74, 6) is 0.829. The van der Waals surface area contributed by atoms with Crippen LogP contribution in [0.4, 0.5) is 0 Å². The summed E-state index contributed by atoms with van der Waals surface area (Å²) >= 11 is 0. The number of fused-ring (bicyclic) bond motifs is 1. The molecule has 4 rings (SSSR count). The normalized spacial score (nSPS) is 11.2. The highest BCUT2D eigenvalue weighted by atomic mass is 15.3. The lowest BCUT2D eigenvalue weighted by Gasteiger charge is -2.03. The van der Waals surface area contributed by atoms with E-state index in [0.717, 1.165) is 39.8 Å². The summed E-state index contributed by atoms with van der Waals surface area (Å²) in [6, 6.07) is 9.72. The highest BCUT2D eigenvalue weighted by molar-refractivity contribution is 5.75. The fourth-order valence-corrected chi connectivity index (χ4v) is 2.43. The molecule has 1 N–H and O–H groups in total. The zero-order valence-corrected chi connectivity index (χ0v) is 12.1. The van der Waals surface area contributed by atoms with Crippen LogP contribution in [0.3, 0.4) is 0 Å². The minimum absolute atomic E-state index is 0.730. The minimum atomic E-state index is 0.730. The smallest absolute Gasteiger partial charge is 0.160 e. The van der Waals surface area contributed by atoms with Gasteiger partial charge in [-0.15, -0.1) is 10.2 Å². The SMILES string of the molecule is Cc1cccc(-c2n[nH]nc2-c2ccc3nnc(C)n3c2)n1. The number of pyridine rings is 2. The molecule has 4 heterocycles. The van der Waals surface area contributed by atoms with Crippen LogP contribution >= 0.6 is 0 Å². The van der Waals surface area contributed by atoms with Crippen molar-refractivity contribution in [2.24, 2.45) is 0 Å². The molecule has 0 radical (unpaired) electrons. The van der Waals surface area contributed by atoms with Crippen molar-refractivity contribution in [3.63, 3.8) is 0 Å². The maximum Gasteiger partial charge on any atom is 0.160 e. The monoisotopic (exact) mass is 291 g/mol. The predicted octanol–water partition coefficient (Wildman–Crippen LogP) is 2.19. The molecule has 0 aliphatic rings. The first kappa shape index (κ1) is 12.6. The first-order valence-electron chi connectivity index (χ1n) is 6.89. The Bertz CT molecular complexity index is 967. The highest BCUT2D eigenvalue weighted by Crippen LogP contribution is 2.27. The zero-order chi connectivity index (χ0) is 15.1. The second-order valence-electron chi connectivity index (χ2n) is 5.08. The molecule has 0 aliphatic heterocycles. The van der Waals surface area contributed by atoms with E-state index in [1.807, 2.05) is 54.8 Å². The lowest BCUT2D eigenvalue weighted by atomic mass is 10.1. The van der Waals surface area contributed by atoms with Gasteiger partial charge in [0.15, 0.2) is 5.65 Å². The number of aromatic amines is 1. The Hall–Kier alpha value is -3.09. The van der Waals surface area contributed by atoms with Gasteiger partial charge in [-0.1, -0.05) is 6.07 Å². The molecule has 0 atom stereocenters. The largest absolute Gasteiger partial charge is 0.286 e. The van der Waals surface area contributed by atoms with Crippen LogP contribution in [0.1, 0.15) is 11.5 Å². The second kappa shape index (κ2) is 4.73. The van der Waals surface area contributed by atoms with Gasteiger partial charge in [-0.3, -0.25) is 9.38 Å². The minimum Gasteiger partial charge on any atom is -0.286 e. The van der Waals surface area contributed by atoms with E-state index in [2.05, 4.69) is 30.6 Å². The number of nitrogens with one attached hydrogen (secondary N) is 1. The first-order valence-corrected chi connectivity index (χ1v) is 6.89. The number of rotatable bonds is 2. The Labute approximate surface area is 126 Å². The summed E-state index contributed by atoms with van der Waals surface area (Å²) in [7, 11) is 0. The quantitative estimate of drug-likeness (QED) is 0.612. The summed E-state index contributed by atoms with van der Waals surface area (Å²) in [5.41, 5.74) is 4.96. The molecule has 0 unspecified atom stereocenters. The van der Waals surface area contributed by atoms with Gasteiger partial charge in [-0.2, -0.15) is 15.4 Å². The van der Waals surface area contributed by atoms with Gasteiger partial charge in [-0.05, 0) is 38.1 Å². The van der Waals surface area contributed by atoms with Gasteiger partial charge < -0.3 is 0 Å². The van der Waals surface area contributed by atoms with Gasteiger partial charge in [0.1, 0.15) is 17.2 Å². The first-order chi connectivity index (χ1) is 10.7. The van der Waals surface area contributed by atoms with Crippen LogP contribution in [-0.4, -0.2) is 35.0 Å². The van der Waals surface area contributed by atoms with Gasteiger partial charge in [0.2, 0.25) is 0 Å². The van der Waals surface area contributed by atoms with E-state index >= 15 is 0 Å². The molecule has 108 valence electrons. The van der Waals surface area contributed by atoms with E-state index in [-0.39, 0.29) is 0 Å². The molecule has 0 aliphatic carbocycles. The van der Waals surface area contributed by atoms with E-state index in [0.29, 0.717) is 0 Å². The summed E-state index contributed by atoms with van der Waals surface area (Å²) in [6.07, 6.45) is 1.96. The Morgan fingerprint density at radius 3 is 2.68 bits per heavy atom. The van der Waals surface area contributed by atoms with Crippen molar-refractivity contribution in [3.05, 3.63) is 48.0 Å². The molecule has 0 saturated carbocycles. The summed E-state index contributed by atoms with van der Waals surface area (Å²) in [4.78, 5) is 4.52. The lowest BCUT2D eigenvalue weighted by Crippen LogP contribution is -1.92. The molecule has 22 heavy (non-hydrogen) atoms. The van der Waals surface area contributed by atoms with Gasteiger partial charge in [-0.25, -0.2) is 0 Å². The second-order valence-corrected chi connectivity index (χ2v) is 5.08. The molecule has 0 aromatic carbocycles. The Morgan fingerprint density at radius 2 is 1.82 bits per heavy atom. The summed E-state index contributed by atoms with van der Waals surface area (Å²) in [5, 5.41) is 19.4. The number of aromatic nitrogens is 7. The zero-order valence-electron chi connectivity index (χ0n) is 12.1. The molecule has 0 saturated heterocycles. The van der Waals surface area contributed by atoms with Crippen LogP contribution in [0.25, 0.3) is 28.3 Å². The summed E-state index contributed by atoms with van der Waals surface area (Å²) < 4.78 is 1.93. The van der Waals surface area contributed by atoms with Crippen LogP contribution in [0.15, 0.2) is 36.5 Å². The third-order valence-electron chi connectivity index (χ3n) is 3.53. The van der Waals surface area contributed by atoms with E-state index in [4.69, 9.17) is 0 Å². The Morgan fingerprint density at radius 1 is 0.955 bits per heavy atom. The number of hydrogen-bond acceptors (Lipinski definition) is 5. The summed E-state index contributed by atoms with van der Waals surface area (Å²) in [6.45, 7) is 3.87. The molecule has 4 aromatic heterocycles. The van der Waals surface area contributed by atoms with Crippen LogP contribution in [-0.2, 0) is 0 Å². The van der Waals surface area contributed by atoms with Gasteiger partial charge in [0.25, 0.3) is 0 Å². The molecule has 0 amide bonds. The van der Waals surface area contributed by atoms with E-state index in [1.54, 1.807) is 0 Å². The van der Waals surface area contributed by atoms with Crippen molar-refractivity contribution in [2.75, 3.05) is 0 Å². The molecule has 4 aromatic rings. The average molecular weight is 291 g/mol. The van der Waals surface area contributed by atoms with Crippen LogP contribution < -0.4 is 0 Å². The number of nitrogens with zero attached hydrogens (tertiary/aromatic N) is 6. The van der Waals surface area contributed by atoms with E-state index in [1.165, 1.54) is 0 Å². The fraction of sp³-hybridized carbons (Fsp3) is 0.133. The number of hydrogen-bond donors (Lipinski definition) is 1. The van der Waals surface area contributed by atoms with Crippen molar-refractivity contribution in [3.8, 4) is 22.6 Å². The van der Waals surface area contributed by atoms with Crippen LogP contribution in [0.5, 0.6) is 0 Å². The maximum atomic E-state index is 4.52. The Balaban J connectivity index is 1.89. The average Bonchev–Trinajstić information content (AvgIpc) is 3.14. The highest BCUT2D eigenvalue weighted by Gasteiger charge is 2.15.